The first-order valence-electron chi connectivity index (χ1n) is 4.82. The van der Waals surface area contributed by atoms with Gasteiger partial charge in [-0.2, -0.15) is 0 Å². The molecule has 7 nitrogen and oxygen atoms in total. The number of carbonyl (C=O) groups is 1. The average molecular weight is 220 g/mol. The Morgan fingerprint density at radius 2 is 2.50 bits per heavy atom. The number of amides is 1. The zero-order chi connectivity index (χ0) is 11.4. The van der Waals surface area contributed by atoms with Crippen LogP contribution in [0.2, 0.25) is 0 Å². The molecule has 0 aliphatic heterocycles. The summed E-state index contributed by atoms with van der Waals surface area (Å²) in [6.45, 7) is 1.07. The van der Waals surface area contributed by atoms with Gasteiger partial charge in [0.2, 0.25) is 0 Å². The number of anilines is 1. The number of nitrogens with zero attached hydrogens (tertiary/aromatic N) is 3. The Morgan fingerprint density at radius 3 is 3.12 bits per heavy atom. The third kappa shape index (κ3) is 2.38. The zero-order valence-corrected chi connectivity index (χ0v) is 8.55. The topological polar surface area (TPSA) is 102 Å². The largest absolute Gasteiger partial charge is 0.397 e. The smallest absolute Gasteiger partial charge is 0.267 e. The Labute approximate surface area is 91.6 Å². The fourth-order valence-electron chi connectivity index (χ4n) is 1.27. The Kier molecular flexibility index (Phi) is 2.86. The van der Waals surface area contributed by atoms with Crippen molar-refractivity contribution < 1.29 is 4.79 Å². The summed E-state index contributed by atoms with van der Waals surface area (Å²) in [6, 6.07) is 1.59. The second kappa shape index (κ2) is 4.47. The number of nitrogens with two attached hydrogens (primary N) is 1. The maximum absolute atomic E-state index is 11.5. The van der Waals surface area contributed by atoms with E-state index in [4.69, 9.17) is 5.73 Å². The van der Waals surface area contributed by atoms with Gasteiger partial charge in [-0.05, 0) is 6.07 Å². The Hall–Kier alpha value is -2.31. The van der Waals surface area contributed by atoms with Crippen LogP contribution in [-0.2, 0) is 6.54 Å². The predicted molar refractivity (Wildman–Crippen MR) is 57.6 cm³/mol. The highest BCUT2D eigenvalue weighted by molar-refractivity contribution is 5.93. The molecule has 2 aromatic heterocycles. The number of hydrogen-bond acceptors (Lipinski definition) is 4. The van der Waals surface area contributed by atoms with Gasteiger partial charge in [-0.3, -0.25) is 9.48 Å². The summed E-state index contributed by atoms with van der Waals surface area (Å²) in [7, 11) is 0. The van der Waals surface area contributed by atoms with Gasteiger partial charge in [0.25, 0.3) is 5.91 Å². The number of carbonyl (C=O) groups excluding carboxylic acids is 1. The molecule has 0 aromatic carbocycles. The summed E-state index contributed by atoms with van der Waals surface area (Å²) in [4.78, 5) is 14.3. The van der Waals surface area contributed by atoms with Gasteiger partial charge in [0, 0.05) is 24.6 Å². The van der Waals surface area contributed by atoms with E-state index in [-0.39, 0.29) is 5.91 Å². The maximum atomic E-state index is 11.5. The second-order valence-electron chi connectivity index (χ2n) is 3.27. The minimum absolute atomic E-state index is 0.184. The van der Waals surface area contributed by atoms with Crippen molar-refractivity contribution in [3.05, 3.63) is 30.4 Å². The molecule has 0 saturated carbocycles. The van der Waals surface area contributed by atoms with Gasteiger partial charge < -0.3 is 16.0 Å². The molecule has 2 aromatic rings. The summed E-state index contributed by atoms with van der Waals surface area (Å²) in [5, 5.41) is 10.2. The molecule has 16 heavy (non-hydrogen) atoms. The van der Waals surface area contributed by atoms with E-state index in [1.165, 1.54) is 0 Å². The number of rotatable bonds is 4. The standard InChI is InChI=1S/C9H12N6O/c10-7-5-8(12-6-7)9(16)11-1-3-15-4-2-13-14-15/h2,4-6,12H,1,3,10H2,(H,11,16). The van der Waals surface area contributed by atoms with Crippen molar-refractivity contribution in [1.82, 2.24) is 25.3 Å². The van der Waals surface area contributed by atoms with Crippen LogP contribution in [0.15, 0.2) is 24.7 Å². The Bertz CT molecular complexity index is 460. The molecule has 0 unspecified atom stereocenters. The molecule has 0 atom stereocenters. The van der Waals surface area contributed by atoms with E-state index in [2.05, 4.69) is 20.6 Å². The van der Waals surface area contributed by atoms with Gasteiger partial charge in [0.1, 0.15) is 5.69 Å². The van der Waals surface area contributed by atoms with Crippen LogP contribution in [0, 0.1) is 0 Å². The van der Waals surface area contributed by atoms with Crippen molar-refractivity contribution in [3.63, 3.8) is 0 Å². The quantitative estimate of drug-likeness (QED) is 0.653. The van der Waals surface area contributed by atoms with E-state index in [1.807, 2.05) is 0 Å². The summed E-state index contributed by atoms with van der Waals surface area (Å²) in [5.74, 6) is -0.184. The fraction of sp³-hybridized carbons (Fsp3) is 0.222. The number of nitrogen functional groups attached to an aromatic ring is 1. The zero-order valence-electron chi connectivity index (χ0n) is 8.55. The van der Waals surface area contributed by atoms with Crippen LogP contribution in [0.5, 0.6) is 0 Å². The van der Waals surface area contributed by atoms with Gasteiger partial charge >= 0.3 is 0 Å². The lowest BCUT2D eigenvalue weighted by Gasteiger charge is -2.02. The summed E-state index contributed by atoms with van der Waals surface area (Å²) >= 11 is 0. The molecule has 4 N–H and O–H groups in total. The third-order valence-electron chi connectivity index (χ3n) is 2.05. The van der Waals surface area contributed by atoms with E-state index in [1.54, 1.807) is 29.3 Å². The molecule has 0 bridgehead atoms. The Morgan fingerprint density at radius 1 is 1.62 bits per heavy atom. The third-order valence-corrected chi connectivity index (χ3v) is 2.05. The second-order valence-corrected chi connectivity index (χ2v) is 3.27. The Balaban J connectivity index is 1.80. The lowest BCUT2D eigenvalue weighted by Crippen LogP contribution is -2.27. The van der Waals surface area contributed by atoms with E-state index in [0.29, 0.717) is 24.5 Å². The van der Waals surface area contributed by atoms with Crippen LogP contribution in [0.4, 0.5) is 5.69 Å². The van der Waals surface area contributed by atoms with Crippen molar-refractivity contribution in [2.24, 2.45) is 0 Å². The van der Waals surface area contributed by atoms with Crippen LogP contribution < -0.4 is 11.1 Å². The molecule has 1 amide bonds. The average Bonchev–Trinajstić information content (AvgIpc) is 2.89. The molecule has 84 valence electrons. The molecule has 0 aliphatic carbocycles. The number of hydrogen-bond donors (Lipinski definition) is 3. The summed E-state index contributed by atoms with van der Waals surface area (Å²) in [6.07, 6.45) is 4.90. The minimum atomic E-state index is -0.184. The van der Waals surface area contributed by atoms with E-state index < -0.39 is 0 Å². The van der Waals surface area contributed by atoms with Gasteiger partial charge in [0.05, 0.1) is 12.7 Å². The molecular formula is C9H12N6O. The maximum Gasteiger partial charge on any atom is 0.267 e. The number of H-pyrrole nitrogens is 1. The highest BCUT2D eigenvalue weighted by Gasteiger charge is 2.06. The molecule has 0 aliphatic rings. The first kappa shape index (κ1) is 10.2. The summed E-state index contributed by atoms with van der Waals surface area (Å²) in [5.41, 5.74) is 6.49. The molecule has 0 fully saturated rings. The number of aromatic amines is 1. The van der Waals surface area contributed by atoms with Gasteiger partial charge in [0.15, 0.2) is 0 Å². The van der Waals surface area contributed by atoms with E-state index >= 15 is 0 Å². The molecule has 0 saturated heterocycles. The summed E-state index contributed by atoms with van der Waals surface area (Å²) < 4.78 is 1.64. The molecule has 7 heteroatoms. The van der Waals surface area contributed by atoms with Crippen molar-refractivity contribution in [3.8, 4) is 0 Å². The van der Waals surface area contributed by atoms with Crippen molar-refractivity contribution in [2.45, 2.75) is 6.54 Å². The first-order chi connectivity index (χ1) is 7.75. The van der Waals surface area contributed by atoms with Crippen molar-refractivity contribution in [2.75, 3.05) is 12.3 Å². The highest BCUT2D eigenvalue weighted by atomic mass is 16.1. The monoisotopic (exact) mass is 220 g/mol. The SMILES string of the molecule is Nc1c[nH]c(C(=O)NCCn2ccnn2)c1. The van der Waals surface area contributed by atoms with E-state index in [9.17, 15) is 4.79 Å². The minimum Gasteiger partial charge on any atom is -0.397 e. The molecular weight excluding hydrogens is 208 g/mol. The lowest BCUT2D eigenvalue weighted by molar-refractivity contribution is 0.0947. The molecule has 2 heterocycles. The van der Waals surface area contributed by atoms with Crippen molar-refractivity contribution >= 4 is 11.6 Å². The molecule has 0 spiro atoms. The van der Waals surface area contributed by atoms with Crippen LogP contribution >= 0.6 is 0 Å². The van der Waals surface area contributed by atoms with Crippen LogP contribution in [0.3, 0.4) is 0 Å². The van der Waals surface area contributed by atoms with Gasteiger partial charge in [-0.25, -0.2) is 0 Å². The van der Waals surface area contributed by atoms with Crippen molar-refractivity contribution in [1.29, 1.82) is 0 Å². The molecule has 2 rings (SSSR count). The van der Waals surface area contributed by atoms with Crippen LogP contribution in [0.1, 0.15) is 10.5 Å². The number of aromatic nitrogens is 4. The highest BCUT2D eigenvalue weighted by Crippen LogP contribution is 2.03. The lowest BCUT2D eigenvalue weighted by atomic mass is 10.4. The van der Waals surface area contributed by atoms with E-state index in [0.717, 1.165) is 0 Å². The molecule has 0 radical (unpaired) electrons. The van der Waals surface area contributed by atoms with Gasteiger partial charge in [-0.1, -0.05) is 5.21 Å². The van der Waals surface area contributed by atoms with Crippen LogP contribution in [0.25, 0.3) is 0 Å². The number of nitrogens with one attached hydrogen (secondary N) is 2. The predicted octanol–water partition coefficient (Wildman–Crippen LogP) is -0.382. The van der Waals surface area contributed by atoms with Gasteiger partial charge in [-0.15, -0.1) is 5.10 Å². The normalized spacial score (nSPS) is 10.2. The van der Waals surface area contributed by atoms with Crippen LogP contribution in [-0.4, -0.2) is 32.4 Å². The fourth-order valence-corrected chi connectivity index (χ4v) is 1.27. The first-order valence-corrected chi connectivity index (χ1v) is 4.82.